The highest BCUT2D eigenvalue weighted by Gasteiger charge is 2.33. The molecule has 0 atom stereocenters. The molecule has 0 aromatic carbocycles. The van der Waals surface area contributed by atoms with Crippen LogP contribution in [0.1, 0.15) is 50.5 Å². The lowest BCUT2D eigenvalue weighted by Gasteiger charge is -2.36. The first kappa shape index (κ1) is 23.9. The van der Waals surface area contributed by atoms with E-state index < -0.39 is 0 Å². The number of methoxy groups -OCH3 is 1. The Balaban J connectivity index is 1.16. The van der Waals surface area contributed by atoms with Gasteiger partial charge < -0.3 is 14.5 Å². The van der Waals surface area contributed by atoms with Crippen molar-refractivity contribution in [1.29, 1.82) is 5.26 Å². The molecule has 2 aliphatic heterocycles. The number of hydrogen-bond donors (Lipinski definition) is 0. The van der Waals surface area contributed by atoms with Crippen molar-refractivity contribution in [2.75, 3.05) is 43.1 Å². The number of ether oxygens (including phenoxy) is 1. The van der Waals surface area contributed by atoms with Crippen LogP contribution in [-0.2, 0) is 9.53 Å². The van der Waals surface area contributed by atoms with E-state index in [1.54, 1.807) is 13.3 Å². The van der Waals surface area contributed by atoms with E-state index in [0.29, 0.717) is 29.8 Å². The van der Waals surface area contributed by atoms with Gasteiger partial charge in [0.05, 0.1) is 35.3 Å². The van der Waals surface area contributed by atoms with Gasteiger partial charge >= 0.3 is 0 Å². The van der Waals surface area contributed by atoms with Gasteiger partial charge in [0.2, 0.25) is 0 Å². The molecule has 8 nitrogen and oxygen atoms in total. The Morgan fingerprint density at radius 2 is 1.89 bits per heavy atom. The monoisotopic (exact) mass is 498 g/mol. The minimum Gasteiger partial charge on any atom is -0.381 e. The maximum absolute atomic E-state index is 12.8. The number of ketones is 1. The van der Waals surface area contributed by atoms with E-state index in [1.165, 1.54) is 12.8 Å². The minimum atomic E-state index is 0.171. The maximum Gasteiger partial charge on any atom is 0.136 e. The molecule has 8 heteroatoms. The van der Waals surface area contributed by atoms with Crippen molar-refractivity contribution in [3.05, 3.63) is 42.4 Å². The van der Waals surface area contributed by atoms with E-state index in [1.807, 2.05) is 16.9 Å². The van der Waals surface area contributed by atoms with E-state index in [0.717, 1.165) is 80.0 Å². The Labute approximate surface area is 217 Å². The molecule has 0 radical (unpaired) electrons. The Kier molecular flexibility index (Phi) is 6.56. The minimum absolute atomic E-state index is 0.171. The third-order valence-electron chi connectivity index (χ3n) is 8.54. The quantitative estimate of drug-likeness (QED) is 0.475. The number of rotatable bonds is 7. The summed E-state index contributed by atoms with van der Waals surface area (Å²) in [6.07, 6.45) is 12.9. The van der Waals surface area contributed by atoms with Crippen molar-refractivity contribution in [1.82, 2.24) is 14.6 Å². The van der Waals surface area contributed by atoms with Gasteiger partial charge in [-0.25, -0.2) is 9.50 Å². The van der Waals surface area contributed by atoms with Gasteiger partial charge in [-0.2, -0.15) is 10.4 Å². The Hall–Kier alpha value is -3.44. The molecular weight excluding hydrogens is 464 g/mol. The molecule has 0 unspecified atom stereocenters. The molecule has 1 aliphatic carbocycles. The molecule has 3 aliphatic rings. The summed E-state index contributed by atoms with van der Waals surface area (Å²) in [5.41, 5.74) is 4.48. The number of fused-ring (bicyclic) bond motifs is 1. The molecule has 3 aromatic heterocycles. The lowest BCUT2D eigenvalue weighted by atomic mass is 9.76. The van der Waals surface area contributed by atoms with E-state index in [4.69, 9.17) is 9.72 Å². The summed E-state index contributed by atoms with van der Waals surface area (Å²) < 4.78 is 7.18. The number of aromatic nitrogens is 3. The summed E-state index contributed by atoms with van der Waals surface area (Å²) in [7, 11) is 1.76. The molecule has 3 fully saturated rings. The van der Waals surface area contributed by atoms with Crippen LogP contribution in [0.2, 0.25) is 0 Å². The van der Waals surface area contributed by atoms with Crippen molar-refractivity contribution >= 4 is 22.8 Å². The van der Waals surface area contributed by atoms with Gasteiger partial charge in [0.15, 0.2) is 0 Å². The number of nitriles is 1. The topological polar surface area (TPSA) is 86.8 Å². The Morgan fingerprint density at radius 3 is 2.57 bits per heavy atom. The van der Waals surface area contributed by atoms with Crippen molar-refractivity contribution in [3.8, 4) is 17.2 Å². The average molecular weight is 499 g/mol. The zero-order valence-corrected chi connectivity index (χ0v) is 21.5. The number of carbonyl (C=O) groups is 1. The first-order valence-corrected chi connectivity index (χ1v) is 13.6. The lowest BCUT2D eigenvalue weighted by Crippen LogP contribution is -2.38. The molecule has 0 amide bonds. The van der Waals surface area contributed by atoms with Gasteiger partial charge in [-0.3, -0.25) is 4.79 Å². The number of carbonyl (C=O) groups excluding carboxylic acids is 1. The van der Waals surface area contributed by atoms with Gasteiger partial charge in [0, 0.05) is 63.0 Å². The lowest BCUT2D eigenvalue weighted by molar-refractivity contribution is -0.126. The van der Waals surface area contributed by atoms with Gasteiger partial charge in [0.25, 0.3) is 0 Å². The predicted molar refractivity (Wildman–Crippen MR) is 143 cm³/mol. The highest BCUT2D eigenvalue weighted by molar-refractivity contribution is 5.86. The second-order valence-corrected chi connectivity index (χ2v) is 10.8. The predicted octanol–water partition coefficient (Wildman–Crippen LogP) is 4.47. The highest BCUT2D eigenvalue weighted by atomic mass is 16.5. The normalized spacial score (nSPS) is 22.3. The fourth-order valence-corrected chi connectivity index (χ4v) is 6.21. The summed E-state index contributed by atoms with van der Waals surface area (Å²) in [6.45, 7) is 3.79. The number of piperidine rings is 1. The molecule has 1 saturated carbocycles. The van der Waals surface area contributed by atoms with E-state index in [2.05, 4.69) is 39.2 Å². The smallest absolute Gasteiger partial charge is 0.136 e. The fourth-order valence-electron chi connectivity index (χ4n) is 6.21. The molecule has 6 rings (SSSR count). The Morgan fingerprint density at radius 1 is 1.11 bits per heavy atom. The number of Topliss-reactive ketones (excluding diaryl/α,β-unsaturated/α-hetero) is 1. The molecule has 2 saturated heterocycles. The van der Waals surface area contributed by atoms with Crippen LogP contribution in [0.3, 0.4) is 0 Å². The van der Waals surface area contributed by atoms with E-state index in [9.17, 15) is 10.1 Å². The van der Waals surface area contributed by atoms with Gasteiger partial charge in [0.1, 0.15) is 17.7 Å². The first-order chi connectivity index (χ1) is 18.1. The van der Waals surface area contributed by atoms with Crippen LogP contribution in [0.5, 0.6) is 0 Å². The third kappa shape index (κ3) is 4.69. The number of nitrogens with zero attached hydrogens (tertiary/aromatic N) is 6. The molecule has 5 heterocycles. The fraction of sp³-hybridized carbons (Fsp3) is 0.517. The molecular formula is C29H34N6O2. The van der Waals surface area contributed by atoms with Crippen molar-refractivity contribution in [2.45, 2.75) is 51.0 Å². The van der Waals surface area contributed by atoms with Crippen LogP contribution in [0.15, 0.2) is 36.8 Å². The van der Waals surface area contributed by atoms with Crippen LogP contribution in [0, 0.1) is 23.2 Å². The molecule has 192 valence electrons. The summed E-state index contributed by atoms with van der Waals surface area (Å²) in [4.78, 5) is 22.3. The summed E-state index contributed by atoms with van der Waals surface area (Å²) >= 11 is 0. The van der Waals surface area contributed by atoms with Gasteiger partial charge in [-0.05, 0) is 62.6 Å². The Bertz CT molecular complexity index is 1310. The molecule has 37 heavy (non-hydrogen) atoms. The summed E-state index contributed by atoms with van der Waals surface area (Å²) in [6, 6.07) is 8.63. The SMILES string of the molecule is COC1CC(CC(=O)C2CCN(c3ccc(-c4cc(N5CCCC5)cn5ncc(C#N)c45)cn3)CC2)C1. The average Bonchev–Trinajstić information content (AvgIpc) is 3.60. The van der Waals surface area contributed by atoms with Crippen molar-refractivity contribution in [3.63, 3.8) is 0 Å². The molecule has 3 aromatic rings. The van der Waals surface area contributed by atoms with E-state index >= 15 is 0 Å². The summed E-state index contributed by atoms with van der Waals surface area (Å²) in [5.74, 6) is 2.05. The standard InChI is InChI=1S/C29H34N6O2/c1-37-25-12-20(13-25)14-27(36)21-6-10-34(11-7-21)28-5-4-22(17-31-28)26-15-24(33-8-2-3-9-33)19-35-29(26)23(16-30)18-32-35/h4-5,15,17-21,25H,2-3,6-14H2,1H3. The number of pyridine rings is 2. The zero-order chi connectivity index (χ0) is 25.4. The van der Waals surface area contributed by atoms with Crippen molar-refractivity contribution in [2.24, 2.45) is 11.8 Å². The van der Waals surface area contributed by atoms with E-state index in [-0.39, 0.29) is 5.92 Å². The largest absolute Gasteiger partial charge is 0.381 e. The molecule has 0 N–H and O–H groups in total. The van der Waals surface area contributed by atoms with Crippen LogP contribution in [0.4, 0.5) is 11.5 Å². The van der Waals surface area contributed by atoms with Crippen LogP contribution in [0.25, 0.3) is 16.6 Å². The van der Waals surface area contributed by atoms with Gasteiger partial charge in [-0.1, -0.05) is 0 Å². The number of anilines is 2. The highest BCUT2D eigenvalue weighted by Crippen LogP contribution is 2.35. The molecule has 0 bridgehead atoms. The number of hydrogen-bond acceptors (Lipinski definition) is 7. The maximum atomic E-state index is 12.8. The second kappa shape index (κ2) is 10.1. The van der Waals surface area contributed by atoms with Gasteiger partial charge in [-0.15, -0.1) is 0 Å². The summed E-state index contributed by atoms with van der Waals surface area (Å²) in [5, 5.41) is 14.1. The molecule has 0 spiro atoms. The third-order valence-corrected chi connectivity index (χ3v) is 8.54. The van der Waals surface area contributed by atoms with Crippen LogP contribution < -0.4 is 9.80 Å². The first-order valence-electron chi connectivity index (χ1n) is 13.6. The van der Waals surface area contributed by atoms with Crippen LogP contribution in [-0.4, -0.2) is 59.8 Å². The second-order valence-electron chi connectivity index (χ2n) is 10.8. The zero-order valence-electron chi connectivity index (χ0n) is 21.5. The van der Waals surface area contributed by atoms with Crippen molar-refractivity contribution < 1.29 is 9.53 Å². The van der Waals surface area contributed by atoms with Crippen LogP contribution >= 0.6 is 0 Å².